The van der Waals surface area contributed by atoms with E-state index >= 15 is 0 Å². The third-order valence-corrected chi connectivity index (χ3v) is 4.85. The topological polar surface area (TPSA) is 86.3 Å². The lowest BCUT2D eigenvalue weighted by Gasteiger charge is -2.36. The van der Waals surface area contributed by atoms with Crippen LogP contribution >= 0.6 is 24.0 Å². The van der Waals surface area contributed by atoms with Gasteiger partial charge in [0.05, 0.1) is 0 Å². The number of rotatable bonds is 8. The summed E-state index contributed by atoms with van der Waals surface area (Å²) in [7, 11) is 1.77. The molecular formula is C21H42IN5O3. The molecule has 0 aromatic rings. The highest BCUT2D eigenvalue weighted by Gasteiger charge is 2.27. The van der Waals surface area contributed by atoms with E-state index in [4.69, 9.17) is 4.74 Å². The molecule has 0 aromatic heterocycles. The van der Waals surface area contributed by atoms with Gasteiger partial charge >= 0.3 is 6.09 Å². The molecule has 0 bridgehead atoms. The van der Waals surface area contributed by atoms with Crippen LogP contribution in [0.5, 0.6) is 0 Å². The number of nitrogens with zero attached hydrogens (tertiary/aromatic N) is 3. The molecule has 2 N–H and O–H groups in total. The second kappa shape index (κ2) is 14.7. The molecule has 176 valence electrons. The second-order valence-electron chi connectivity index (χ2n) is 8.52. The molecule has 9 heteroatoms. The predicted molar refractivity (Wildman–Crippen MR) is 132 cm³/mol. The zero-order chi connectivity index (χ0) is 21.9. The van der Waals surface area contributed by atoms with Crippen molar-refractivity contribution in [3.63, 3.8) is 0 Å². The van der Waals surface area contributed by atoms with Crippen LogP contribution in [0.15, 0.2) is 4.99 Å². The van der Waals surface area contributed by atoms with Crippen LogP contribution in [0.25, 0.3) is 0 Å². The van der Waals surface area contributed by atoms with Crippen molar-refractivity contribution in [3.05, 3.63) is 0 Å². The molecule has 1 aliphatic rings. The minimum atomic E-state index is -0.473. The predicted octanol–water partition coefficient (Wildman–Crippen LogP) is 3.07. The molecule has 0 atom stereocenters. The van der Waals surface area contributed by atoms with Crippen LogP contribution in [0, 0.1) is 5.92 Å². The molecule has 0 aliphatic carbocycles. The molecule has 1 fully saturated rings. The number of likely N-dealkylation sites (tertiary alicyclic amines) is 1. The van der Waals surface area contributed by atoms with E-state index < -0.39 is 5.60 Å². The molecule has 0 radical (unpaired) electrons. The second-order valence-corrected chi connectivity index (χ2v) is 8.52. The van der Waals surface area contributed by atoms with Crippen molar-refractivity contribution in [1.82, 2.24) is 20.4 Å². The number of hydrogen-bond acceptors (Lipinski definition) is 4. The smallest absolute Gasteiger partial charge is 0.410 e. The Labute approximate surface area is 199 Å². The van der Waals surface area contributed by atoms with E-state index in [1.165, 1.54) is 0 Å². The fourth-order valence-electron chi connectivity index (χ4n) is 3.27. The average Bonchev–Trinajstić information content (AvgIpc) is 2.67. The molecule has 30 heavy (non-hydrogen) atoms. The minimum Gasteiger partial charge on any atom is -0.444 e. The fourth-order valence-corrected chi connectivity index (χ4v) is 3.27. The molecular weight excluding hydrogens is 497 g/mol. The van der Waals surface area contributed by atoms with Gasteiger partial charge in [0, 0.05) is 52.7 Å². The maximum Gasteiger partial charge on any atom is 0.410 e. The standard InChI is InChI=1S/C21H41N5O3.HI/c1-7-12-23-18(27)9-13-24-19(22-6)26-14-10-17(11-15-26)16-25(8-2)20(28)29-21(3,4)5;/h17H,7-16H2,1-6H3,(H,22,24)(H,23,27);1H. The first-order valence-corrected chi connectivity index (χ1v) is 10.9. The normalized spacial score (nSPS) is 15.3. The van der Waals surface area contributed by atoms with Crippen molar-refractivity contribution in [2.24, 2.45) is 10.9 Å². The summed E-state index contributed by atoms with van der Waals surface area (Å²) in [6, 6.07) is 0. The molecule has 0 aromatic carbocycles. The number of carbonyl (C=O) groups is 2. The van der Waals surface area contributed by atoms with Crippen LogP contribution < -0.4 is 10.6 Å². The number of halogens is 1. The Morgan fingerprint density at radius 3 is 2.27 bits per heavy atom. The summed E-state index contributed by atoms with van der Waals surface area (Å²) in [5.74, 6) is 1.36. The van der Waals surface area contributed by atoms with E-state index in [-0.39, 0.29) is 36.0 Å². The Kier molecular flexibility index (Phi) is 14.1. The van der Waals surface area contributed by atoms with Crippen LogP contribution in [-0.2, 0) is 9.53 Å². The lowest BCUT2D eigenvalue weighted by molar-refractivity contribution is -0.120. The van der Waals surface area contributed by atoms with Crippen molar-refractivity contribution in [2.45, 2.75) is 65.9 Å². The van der Waals surface area contributed by atoms with Gasteiger partial charge in [0.2, 0.25) is 5.91 Å². The van der Waals surface area contributed by atoms with Crippen LogP contribution in [0.2, 0.25) is 0 Å². The molecule has 8 nitrogen and oxygen atoms in total. The van der Waals surface area contributed by atoms with Crippen LogP contribution in [0.3, 0.4) is 0 Å². The van der Waals surface area contributed by atoms with Crippen molar-refractivity contribution in [1.29, 1.82) is 0 Å². The largest absolute Gasteiger partial charge is 0.444 e. The number of aliphatic imine (C=N–C) groups is 1. The van der Waals surface area contributed by atoms with E-state index in [9.17, 15) is 9.59 Å². The fraction of sp³-hybridized carbons (Fsp3) is 0.857. The Morgan fingerprint density at radius 1 is 1.13 bits per heavy atom. The molecule has 0 saturated carbocycles. The molecule has 0 spiro atoms. The Morgan fingerprint density at radius 2 is 1.77 bits per heavy atom. The highest BCUT2D eigenvalue weighted by molar-refractivity contribution is 14.0. The van der Waals surface area contributed by atoms with Crippen LogP contribution in [-0.4, -0.2) is 79.7 Å². The number of ether oxygens (including phenoxy) is 1. The summed E-state index contributed by atoms with van der Waals surface area (Å²) in [5, 5.41) is 6.17. The van der Waals surface area contributed by atoms with Gasteiger partial charge in [-0.1, -0.05) is 6.92 Å². The van der Waals surface area contributed by atoms with Crippen molar-refractivity contribution >= 4 is 41.9 Å². The van der Waals surface area contributed by atoms with Gasteiger partial charge in [-0.2, -0.15) is 0 Å². The summed E-state index contributed by atoms with van der Waals surface area (Å²) in [6.07, 6.45) is 3.14. The third kappa shape index (κ3) is 11.2. The van der Waals surface area contributed by atoms with Gasteiger partial charge < -0.3 is 25.2 Å². The SMILES string of the molecule is CCCNC(=O)CCNC(=NC)N1CCC(CN(CC)C(=O)OC(C)(C)C)CC1.I. The van der Waals surface area contributed by atoms with Gasteiger partial charge in [0.15, 0.2) is 5.96 Å². The molecule has 2 amide bonds. The zero-order valence-electron chi connectivity index (χ0n) is 19.6. The first-order chi connectivity index (χ1) is 13.7. The number of piperidine rings is 1. The Hall–Kier alpha value is -1.26. The van der Waals surface area contributed by atoms with E-state index in [0.29, 0.717) is 25.4 Å². The summed E-state index contributed by atoms with van der Waals surface area (Å²) in [4.78, 5) is 32.5. The number of amides is 2. The first kappa shape index (κ1) is 28.7. The third-order valence-electron chi connectivity index (χ3n) is 4.85. The van der Waals surface area contributed by atoms with Crippen LogP contribution in [0.1, 0.15) is 60.3 Å². The van der Waals surface area contributed by atoms with Crippen molar-refractivity contribution in [3.8, 4) is 0 Å². The quantitative estimate of drug-likeness (QED) is 0.282. The molecule has 1 aliphatic heterocycles. The van der Waals surface area contributed by atoms with E-state index in [0.717, 1.165) is 51.4 Å². The highest BCUT2D eigenvalue weighted by Crippen LogP contribution is 2.20. The van der Waals surface area contributed by atoms with E-state index in [2.05, 4.69) is 20.5 Å². The van der Waals surface area contributed by atoms with Gasteiger partial charge in [-0.15, -0.1) is 24.0 Å². The number of guanidine groups is 1. The maximum atomic E-state index is 12.4. The minimum absolute atomic E-state index is 0. The van der Waals surface area contributed by atoms with E-state index in [1.807, 2.05) is 34.6 Å². The van der Waals surface area contributed by atoms with Gasteiger partial charge in [-0.3, -0.25) is 9.79 Å². The maximum absolute atomic E-state index is 12.4. The summed E-state index contributed by atoms with van der Waals surface area (Å²) >= 11 is 0. The van der Waals surface area contributed by atoms with Crippen molar-refractivity contribution in [2.75, 3.05) is 46.3 Å². The molecule has 1 rings (SSSR count). The van der Waals surface area contributed by atoms with Gasteiger partial charge in [0.25, 0.3) is 0 Å². The van der Waals surface area contributed by atoms with Gasteiger partial charge in [0.1, 0.15) is 5.60 Å². The lowest BCUT2D eigenvalue weighted by atomic mass is 9.96. The summed E-state index contributed by atoms with van der Waals surface area (Å²) < 4.78 is 5.51. The Balaban J connectivity index is 0.00000841. The molecule has 1 heterocycles. The first-order valence-electron chi connectivity index (χ1n) is 10.9. The lowest BCUT2D eigenvalue weighted by Crippen LogP contribution is -2.48. The monoisotopic (exact) mass is 539 g/mol. The zero-order valence-corrected chi connectivity index (χ0v) is 22.0. The molecule has 1 saturated heterocycles. The Bertz CT molecular complexity index is 543. The average molecular weight is 540 g/mol. The summed E-state index contributed by atoms with van der Waals surface area (Å²) in [5.41, 5.74) is -0.473. The van der Waals surface area contributed by atoms with Crippen molar-refractivity contribution < 1.29 is 14.3 Å². The number of carbonyl (C=O) groups excluding carboxylic acids is 2. The molecule has 0 unspecified atom stereocenters. The van der Waals surface area contributed by atoms with Gasteiger partial charge in [-0.05, 0) is 52.9 Å². The highest BCUT2D eigenvalue weighted by atomic mass is 127. The summed E-state index contributed by atoms with van der Waals surface area (Å²) in [6.45, 7) is 14.1. The number of nitrogens with one attached hydrogen (secondary N) is 2. The number of hydrogen-bond donors (Lipinski definition) is 2. The van der Waals surface area contributed by atoms with Crippen LogP contribution in [0.4, 0.5) is 4.79 Å². The van der Waals surface area contributed by atoms with Gasteiger partial charge in [-0.25, -0.2) is 4.79 Å². The van der Waals surface area contributed by atoms with E-state index in [1.54, 1.807) is 11.9 Å².